The number of carbonyl (C=O) groups excluding carboxylic acids is 1. The molecule has 7 nitrogen and oxygen atoms in total. The average molecular weight is 488 g/mol. The van der Waals surface area contributed by atoms with Crippen molar-refractivity contribution in [1.82, 2.24) is 9.66 Å². The van der Waals surface area contributed by atoms with E-state index in [1.54, 1.807) is 73.7 Å². The number of aryl methyl sites for hydroxylation is 1. The van der Waals surface area contributed by atoms with Gasteiger partial charge in [0.05, 0.1) is 23.7 Å². The highest BCUT2D eigenvalue weighted by Gasteiger charge is 2.10. The Hall–Kier alpha value is -4.23. The molecule has 3 aromatic carbocycles. The lowest BCUT2D eigenvalue weighted by Crippen LogP contribution is -2.20. The zero-order valence-electron chi connectivity index (χ0n) is 19.1. The maximum atomic E-state index is 12.8. The molecule has 1 heterocycles. The SMILES string of the molecule is CCOc1cc(/C=N/n2c(C)nc3ccccc3c2=O)ccc1OC(=O)/C=C/c1ccc(Cl)cc1. The predicted octanol–water partition coefficient (Wildman–Crippen LogP) is 5.26. The minimum absolute atomic E-state index is 0.257. The van der Waals surface area contributed by atoms with E-state index in [4.69, 9.17) is 21.1 Å². The fraction of sp³-hybridized carbons (Fsp3) is 0.111. The normalized spacial score (nSPS) is 11.4. The van der Waals surface area contributed by atoms with Crippen molar-refractivity contribution >= 4 is 40.8 Å². The first kappa shape index (κ1) is 23.9. The Bertz CT molecular complexity index is 1490. The molecule has 0 amide bonds. The topological polar surface area (TPSA) is 82.8 Å². The fourth-order valence-corrected chi connectivity index (χ4v) is 3.46. The van der Waals surface area contributed by atoms with Gasteiger partial charge in [0.2, 0.25) is 0 Å². The van der Waals surface area contributed by atoms with Crippen LogP contribution in [-0.2, 0) is 4.79 Å². The van der Waals surface area contributed by atoms with Crippen LogP contribution in [0, 0.1) is 6.92 Å². The summed E-state index contributed by atoms with van der Waals surface area (Å²) in [6, 6.07) is 19.2. The number of hydrogen-bond acceptors (Lipinski definition) is 6. The molecule has 0 aliphatic heterocycles. The number of fused-ring (bicyclic) bond motifs is 1. The second-order valence-electron chi connectivity index (χ2n) is 7.48. The molecule has 0 saturated heterocycles. The molecule has 35 heavy (non-hydrogen) atoms. The lowest BCUT2D eigenvalue weighted by atomic mass is 10.2. The van der Waals surface area contributed by atoms with Crippen LogP contribution in [0.15, 0.2) is 82.7 Å². The number of benzene rings is 3. The second kappa shape index (κ2) is 10.8. The molecule has 0 aliphatic carbocycles. The first-order valence-corrected chi connectivity index (χ1v) is 11.3. The van der Waals surface area contributed by atoms with Gasteiger partial charge < -0.3 is 9.47 Å². The van der Waals surface area contributed by atoms with Crippen LogP contribution in [0.1, 0.15) is 23.9 Å². The zero-order valence-corrected chi connectivity index (χ0v) is 19.9. The van der Waals surface area contributed by atoms with Gasteiger partial charge in [-0.1, -0.05) is 35.9 Å². The van der Waals surface area contributed by atoms with Gasteiger partial charge >= 0.3 is 5.97 Å². The Morgan fingerprint density at radius 2 is 1.80 bits per heavy atom. The van der Waals surface area contributed by atoms with Crippen molar-refractivity contribution in [2.24, 2.45) is 5.10 Å². The number of para-hydroxylation sites is 1. The summed E-state index contributed by atoms with van der Waals surface area (Å²) in [5, 5.41) is 5.42. The van der Waals surface area contributed by atoms with E-state index in [-0.39, 0.29) is 11.3 Å². The van der Waals surface area contributed by atoms with Gasteiger partial charge in [-0.2, -0.15) is 9.78 Å². The Kier molecular flexibility index (Phi) is 7.38. The molecule has 0 unspecified atom stereocenters. The van der Waals surface area contributed by atoms with E-state index in [9.17, 15) is 9.59 Å². The fourth-order valence-electron chi connectivity index (χ4n) is 3.33. The minimum Gasteiger partial charge on any atom is -0.490 e. The molecule has 0 saturated carbocycles. The summed E-state index contributed by atoms with van der Waals surface area (Å²) in [6.07, 6.45) is 4.49. The van der Waals surface area contributed by atoms with Crippen LogP contribution in [0.2, 0.25) is 5.02 Å². The third-order valence-electron chi connectivity index (χ3n) is 5.00. The van der Waals surface area contributed by atoms with Crippen molar-refractivity contribution in [2.75, 3.05) is 6.61 Å². The number of rotatable bonds is 7. The van der Waals surface area contributed by atoms with Crippen LogP contribution in [-0.4, -0.2) is 28.5 Å². The number of halogens is 1. The lowest BCUT2D eigenvalue weighted by Gasteiger charge is -2.10. The van der Waals surface area contributed by atoms with Crippen LogP contribution < -0.4 is 15.0 Å². The summed E-state index contributed by atoms with van der Waals surface area (Å²) >= 11 is 5.88. The molecule has 4 aromatic rings. The van der Waals surface area contributed by atoms with Crippen molar-refractivity contribution < 1.29 is 14.3 Å². The van der Waals surface area contributed by atoms with Crippen molar-refractivity contribution in [3.05, 3.63) is 105 Å². The number of hydrogen-bond donors (Lipinski definition) is 0. The molecule has 0 radical (unpaired) electrons. The average Bonchev–Trinajstić information content (AvgIpc) is 2.85. The summed E-state index contributed by atoms with van der Waals surface area (Å²) < 4.78 is 12.4. The number of esters is 1. The molecular weight excluding hydrogens is 466 g/mol. The van der Waals surface area contributed by atoms with Gasteiger partial charge in [0, 0.05) is 11.1 Å². The molecular formula is C27H22ClN3O4. The smallest absolute Gasteiger partial charge is 0.336 e. The lowest BCUT2D eigenvalue weighted by molar-refractivity contribution is -0.129. The molecule has 0 N–H and O–H groups in total. The summed E-state index contributed by atoms with van der Waals surface area (Å²) in [7, 11) is 0. The summed E-state index contributed by atoms with van der Waals surface area (Å²) in [5.74, 6) is 0.570. The number of ether oxygens (including phenoxy) is 2. The highest BCUT2D eigenvalue weighted by Crippen LogP contribution is 2.28. The van der Waals surface area contributed by atoms with E-state index >= 15 is 0 Å². The van der Waals surface area contributed by atoms with Crippen molar-refractivity contribution in [2.45, 2.75) is 13.8 Å². The van der Waals surface area contributed by atoms with Gasteiger partial charge in [0.25, 0.3) is 5.56 Å². The molecule has 0 atom stereocenters. The Morgan fingerprint density at radius 3 is 2.57 bits per heavy atom. The molecule has 0 fully saturated rings. The first-order chi connectivity index (χ1) is 16.9. The third kappa shape index (κ3) is 5.83. The van der Waals surface area contributed by atoms with E-state index in [2.05, 4.69) is 10.1 Å². The van der Waals surface area contributed by atoms with Gasteiger partial charge in [-0.15, -0.1) is 0 Å². The second-order valence-corrected chi connectivity index (χ2v) is 7.92. The van der Waals surface area contributed by atoms with Crippen molar-refractivity contribution in [1.29, 1.82) is 0 Å². The number of carbonyl (C=O) groups is 1. The Balaban J connectivity index is 1.55. The standard InChI is InChI=1S/C27H22ClN3O4/c1-3-34-25-16-20(17-29-31-18(2)30-23-7-5-4-6-22(23)27(31)33)10-14-24(25)35-26(32)15-11-19-8-12-21(28)13-9-19/h4-17H,3H2,1-2H3/b15-11+,29-17+. The quantitative estimate of drug-likeness (QED) is 0.154. The monoisotopic (exact) mass is 487 g/mol. The van der Waals surface area contributed by atoms with Gasteiger partial charge in [-0.3, -0.25) is 4.79 Å². The maximum absolute atomic E-state index is 12.8. The van der Waals surface area contributed by atoms with Gasteiger partial charge in [-0.05, 0) is 73.5 Å². The van der Waals surface area contributed by atoms with E-state index < -0.39 is 5.97 Å². The van der Waals surface area contributed by atoms with Crippen LogP contribution in [0.5, 0.6) is 11.5 Å². The zero-order chi connectivity index (χ0) is 24.8. The molecule has 8 heteroatoms. The van der Waals surface area contributed by atoms with Gasteiger partial charge in [0.1, 0.15) is 5.82 Å². The minimum atomic E-state index is -0.549. The largest absolute Gasteiger partial charge is 0.490 e. The molecule has 176 valence electrons. The van der Waals surface area contributed by atoms with Gasteiger partial charge in [-0.25, -0.2) is 9.78 Å². The molecule has 0 spiro atoms. The van der Waals surface area contributed by atoms with Gasteiger partial charge in [0.15, 0.2) is 11.5 Å². The Labute approximate surface area is 206 Å². The van der Waals surface area contributed by atoms with Crippen molar-refractivity contribution in [3.63, 3.8) is 0 Å². The molecule has 0 aliphatic rings. The van der Waals surface area contributed by atoms with E-state index in [1.165, 1.54) is 17.0 Å². The molecule has 0 bridgehead atoms. The van der Waals surface area contributed by atoms with Crippen LogP contribution in [0.25, 0.3) is 17.0 Å². The number of nitrogens with zero attached hydrogens (tertiary/aromatic N) is 3. The van der Waals surface area contributed by atoms with E-state index in [0.29, 0.717) is 39.7 Å². The van der Waals surface area contributed by atoms with Crippen LogP contribution >= 0.6 is 11.6 Å². The number of aromatic nitrogens is 2. The van der Waals surface area contributed by atoms with Crippen LogP contribution in [0.3, 0.4) is 0 Å². The highest BCUT2D eigenvalue weighted by atomic mass is 35.5. The molecule has 1 aromatic heterocycles. The predicted molar refractivity (Wildman–Crippen MR) is 137 cm³/mol. The maximum Gasteiger partial charge on any atom is 0.336 e. The summed E-state index contributed by atoms with van der Waals surface area (Å²) in [4.78, 5) is 29.6. The highest BCUT2D eigenvalue weighted by molar-refractivity contribution is 6.30. The molecule has 4 rings (SSSR count). The Morgan fingerprint density at radius 1 is 1.06 bits per heavy atom. The van der Waals surface area contributed by atoms with E-state index in [1.807, 2.05) is 13.0 Å². The van der Waals surface area contributed by atoms with Crippen LogP contribution in [0.4, 0.5) is 0 Å². The summed E-state index contributed by atoms with van der Waals surface area (Å²) in [5.41, 5.74) is 1.84. The summed E-state index contributed by atoms with van der Waals surface area (Å²) in [6.45, 7) is 3.92. The first-order valence-electron chi connectivity index (χ1n) is 10.9. The van der Waals surface area contributed by atoms with E-state index in [0.717, 1.165) is 5.56 Å². The van der Waals surface area contributed by atoms with Crippen molar-refractivity contribution in [3.8, 4) is 11.5 Å². The third-order valence-corrected chi connectivity index (χ3v) is 5.25.